The van der Waals surface area contributed by atoms with Crippen LogP contribution in [0.1, 0.15) is 32.1 Å². The van der Waals surface area contributed by atoms with Crippen molar-refractivity contribution in [2.75, 3.05) is 13.1 Å². The van der Waals surface area contributed by atoms with Gasteiger partial charge in [-0.15, -0.1) is 0 Å². The van der Waals surface area contributed by atoms with Crippen LogP contribution < -0.4 is 5.73 Å². The van der Waals surface area contributed by atoms with Gasteiger partial charge in [-0.25, -0.2) is 0 Å². The first-order chi connectivity index (χ1) is 8.18. The molecule has 2 rings (SSSR count). The van der Waals surface area contributed by atoms with Gasteiger partial charge in [0, 0.05) is 24.9 Å². The van der Waals surface area contributed by atoms with E-state index in [2.05, 4.69) is 12.2 Å². The number of amides is 2. The van der Waals surface area contributed by atoms with Crippen molar-refractivity contribution in [1.29, 1.82) is 0 Å². The predicted octanol–water partition coefficient (Wildman–Crippen LogP) is 1.07. The fraction of sp³-hybridized carbons (Fsp3) is 0.692. The molecule has 94 valence electrons. The van der Waals surface area contributed by atoms with Gasteiger partial charge in [0.2, 0.25) is 11.8 Å². The van der Waals surface area contributed by atoms with Gasteiger partial charge < -0.3 is 10.6 Å². The van der Waals surface area contributed by atoms with Crippen LogP contribution in [0, 0.1) is 11.8 Å². The maximum absolute atomic E-state index is 12.2. The van der Waals surface area contributed by atoms with E-state index in [1.54, 1.807) is 0 Å². The Morgan fingerprint density at radius 1 is 1.06 bits per heavy atom. The molecule has 17 heavy (non-hydrogen) atoms. The number of hydrogen-bond donors (Lipinski definition) is 1. The number of likely N-dealkylation sites (tertiary alicyclic amines) is 1. The van der Waals surface area contributed by atoms with Crippen molar-refractivity contribution in [2.45, 2.75) is 32.1 Å². The van der Waals surface area contributed by atoms with Crippen LogP contribution in [0.5, 0.6) is 0 Å². The van der Waals surface area contributed by atoms with Gasteiger partial charge in [0.1, 0.15) is 0 Å². The normalized spacial score (nSPS) is 25.9. The van der Waals surface area contributed by atoms with Crippen molar-refractivity contribution in [3.05, 3.63) is 12.2 Å². The summed E-state index contributed by atoms with van der Waals surface area (Å²) >= 11 is 0. The number of nitrogens with zero attached hydrogens (tertiary/aromatic N) is 1. The van der Waals surface area contributed by atoms with Crippen molar-refractivity contribution < 1.29 is 9.59 Å². The van der Waals surface area contributed by atoms with E-state index in [1.807, 2.05) is 4.90 Å². The number of rotatable bonds is 2. The molecular weight excluding hydrogens is 216 g/mol. The Hall–Kier alpha value is -1.32. The van der Waals surface area contributed by atoms with Crippen LogP contribution in [0.2, 0.25) is 0 Å². The molecule has 2 aliphatic rings. The number of primary amides is 1. The lowest BCUT2D eigenvalue weighted by molar-refractivity contribution is -0.138. The highest BCUT2D eigenvalue weighted by Crippen LogP contribution is 2.24. The minimum Gasteiger partial charge on any atom is -0.369 e. The lowest BCUT2D eigenvalue weighted by atomic mass is 9.90. The zero-order chi connectivity index (χ0) is 12.3. The number of nitrogens with two attached hydrogens (primary N) is 1. The topological polar surface area (TPSA) is 63.4 Å². The molecule has 2 N–H and O–H groups in total. The van der Waals surface area contributed by atoms with E-state index in [4.69, 9.17) is 5.73 Å². The monoisotopic (exact) mass is 236 g/mol. The van der Waals surface area contributed by atoms with Gasteiger partial charge in [0.15, 0.2) is 0 Å². The highest BCUT2D eigenvalue weighted by molar-refractivity contribution is 5.80. The lowest BCUT2D eigenvalue weighted by Gasteiger charge is -2.33. The maximum atomic E-state index is 12.2. The molecule has 0 bridgehead atoms. The molecule has 0 aromatic carbocycles. The second-order valence-electron chi connectivity index (χ2n) is 4.98. The van der Waals surface area contributed by atoms with E-state index in [0.29, 0.717) is 13.1 Å². The highest BCUT2D eigenvalue weighted by Gasteiger charge is 2.29. The Bertz CT molecular complexity index is 330. The molecule has 0 unspecified atom stereocenters. The summed E-state index contributed by atoms with van der Waals surface area (Å²) in [5.74, 6) is 0.158. The quantitative estimate of drug-likeness (QED) is 0.729. The first-order valence-electron chi connectivity index (χ1n) is 6.41. The van der Waals surface area contributed by atoms with Gasteiger partial charge in [-0.3, -0.25) is 9.59 Å². The van der Waals surface area contributed by atoms with Crippen LogP contribution in [0.3, 0.4) is 0 Å². The Kier molecular flexibility index (Phi) is 3.82. The Balaban J connectivity index is 1.85. The fourth-order valence-corrected chi connectivity index (χ4v) is 2.66. The van der Waals surface area contributed by atoms with Crippen LogP contribution in [0.4, 0.5) is 0 Å². The summed E-state index contributed by atoms with van der Waals surface area (Å²) in [5.41, 5.74) is 5.28. The van der Waals surface area contributed by atoms with Crippen LogP contribution in [0.15, 0.2) is 12.2 Å². The molecular formula is C13H20N2O2. The van der Waals surface area contributed by atoms with Gasteiger partial charge in [-0.05, 0) is 32.1 Å². The first-order valence-corrected chi connectivity index (χ1v) is 6.41. The van der Waals surface area contributed by atoms with Crippen LogP contribution >= 0.6 is 0 Å². The zero-order valence-electron chi connectivity index (χ0n) is 10.1. The third kappa shape index (κ3) is 2.87. The Morgan fingerprint density at radius 3 is 2.29 bits per heavy atom. The van der Waals surface area contributed by atoms with Crippen molar-refractivity contribution in [1.82, 2.24) is 4.90 Å². The van der Waals surface area contributed by atoms with Gasteiger partial charge in [0.05, 0.1) is 0 Å². The van der Waals surface area contributed by atoms with E-state index < -0.39 is 0 Å². The summed E-state index contributed by atoms with van der Waals surface area (Å²) in [6, 6.07) is 0. The molecule has 2 amide bonds. The molecule has 1 atom stereocenters. The van der Waals surface area contributed by atoms with Crippen LogP contribution in [-0.4, -0.2) is 29.8 Å². The summed E-state index contributed by atoms with van der Waals surface area (Å²) in [5, 5.41) is 0. The average Bonchev–Trinajstić information content (AvgIpc) is 2.39. The van der Waals surface area contributed by atoms with Gasteiger partial charge in [-0.1, -0.05) is 12.2 Å². The molecule has 4 heteroatoms. The SMILES string of the molecule is NC(=O)C1CCN(C(=O)[C@H]2CC=CCC2)CC1. The molecule has 0 saturated carbocycles. The molecule has 0 radical (unpaired) electrons. The van der Waals surface area contributed by atoms with Gasteiger partial charge >= 0.3 is 0 Å². The summed E-state index contributed by atoms with van der Waals surface area (Å²) in [6.45, 7) is 1.37. The third-order valence-electron chi connectivity index (χ3n) is 3.83. The highest BCUT2D eigenvalue weighted by atomic mass is 16.2. The summed E-state index contributed by atoms with van der Waals surface area (Å²) < 4.78 is 0. The molecule has 0 aromatic heterocycles. The molecule has 1 fully saturated rings. The second-order valence-corrected chi connectivity index (χ2v) is 4.98. The molecule has 0 spiro atoms. The minimum absolute atomic E-state index is 0.0368. The number of allylic oxidation sites excluding steroid dienone is 2. The first kappa shape index (κ1) is 12.1. The minimum atomic E-state index is -0.224. The Labute approximate surface area is 102 Å². The Morgan fingerprint density at radius 2 is 1.76 bits per heavy atom. The predicted molar refractivity (Wildman–Crippen MR) is 65.0 cm³/mol. The van der Waals surface area contributed by atoms with Crippen molar-refractivity contribution in [3.8, 4) is 0 Å². The average molecular weight is 236 g/mol. The van der Waals surface area contributed by atoms with E-state index in [9.17, 15) is 9.59 Å². The van der Waals surface area contributed by atoms with Gasteiger partial charge in [0.25, 0.3) is 0 Å². The summed E-state index contributed by atoms with van der Waals surface area (Å²) in [4.78, 5) is 25.2. The number of hydrogen-bond acceptors (Lipinski definition) is 2. The molecule has 1 aliphatic heterocycles. The molecule has 4 nitrogen and oxygen atoms in total. The van der Waals surface area contributed by atoms with E-state index in [-0.39, 0.29) is 23.7 Å². The largest absolute Gasteiger partial charge is 0.369 e. The molecule has 1 saturated heterocycles. The molecule has 1 heterocycles. The summed E-state index contributed by atoms with van der Waals surface area (Å²) in [7, 11) is 0. The van der Waals surface area contributed by atoms with E-state index in [1.165, 1.54) is 0 Å². The van der Waals surface area contributed by atoms with Crippen molar-refractivity contribution in [2.24, 2.45) is 17.6 Å². The van der Waals surface area contributed by atoms with E-state index >= 15 is 0 Å². The van der Waals surface area contributed by atoms with Crippen LogP contribution in [-0.2, 0) is 9.59 Å². The third-order valence-corrected chi connectivity index (χ3v) is 3.83. The van der Waals surface area contributed by atoms with E-state index in [0.717, 1.165) is 32.1 Å². The zero-order valence-corrected chi connectivity index (χ0v) is 10.1. The summed E-state index contributed by atoms with van der Waals surface area (Å²) in [6.07, 6.45) is 8.53. The number of piperidine rings is 1. The maximum Gasteiger partial charge on any atom is 0.226 e. The number of carbonyl (C=O) groups excluding carboxylic acids is 2. The molecule has 1 aliphatic carbocycles. The lowest BCUT2D eigenvalue weighted by Crippen LogP contribution is -2.44. The standard InChI is InChI=1S/C13H20N2O2/c14-12(16)10-6-8-15(9-7-10)13(17)11-4-2-1-3-5-11/h1-2,10-11H,3-9H2,(H2,14,16)/t11-/m0/s1. The van der Waals surface area contributed by atoms with Crippen molar-refractivity contribution in [3.63, 3.8) is 0 Å². The number of carbonyl (C=O) groups is 2. The van der Waals surface area contributed by atoms with Crippen LogP contribution in [0.25, 0.3) is 0 Å². The van der Waals surface area contributed by atoms with Gasteiger partial charge in [-0.2, -0.15) is 0 Å². The van der Waals surface area contributed by atoms with Crippen molar-refractivity contribution >= 4 is 11.8 Å². The smallest absolute Gasteiger partial charge is 0.226 e. The molecule has 0 aromatic rings. The fourth-order valence-electron chi connectivity index (χ4n) is 2.66. The second kappa shape index (κ2) is 5.34.